The highest BCUT2D eigenvalue weighted by Crippen LogP contribution is 2.17. The van der Waals surface area contributed by atoms with Crippen molar-refractivity contribution < 1.29 is 9.90 Å². The van der Waals surface area contributed by atoms with Crippen molar-refractivity contribution in [1.82, 2.24) is 20.1 Å². The Labute approximate surface area is 117 Å². The molecule has 2 aromatic rings. The van der Waals surface area contributed by atoms with Gasteiger partial charge in [-0.25, -0.2) is 4.98 Å². The summed E-state index contributed by atoms with van der Waals surface area (Å²) in [5.41, 5.74) is 1.77. The molecule has 0 radical (unpaired) electrons. The van der Waals surface area contributed by atoms with Gasteiger partial charge in [-0.3, -0.25) is 9.48 Å². The molecule has 0 unspecified atom stereocenters. The number of hydrogen-bond donors (Lipinski definition) is 2. The lowest BCUT2D eigenvalue weighted by atomic mass is 9.95. The Kier molecular flexibility index (Phi) is 3.76. The molecule has 0 fully saturated rings. The highest BCUT2D eigenvalue weighted by molar-refractivity contribution is 5.97. The molecule has 0 saturated carbocycles. The van der Waals surface area contributed by atoms with Crippen LogP contribution in [0.25, 0.3) is 11.0 Å². The minimum absolute atomic E-state index is 0.0201. The second kappa shape index (κ2) is 5.20. The van der Waals surface area contributed by atoms with Gasteiger partial charge < -0.3 is 10.4 Å². The Bertz CT molecular complexity index is 646. The van der Waals surface area contributed by atoms with Crippen LogP contribution in [0.5, 0.6) is 0 Å². The number of carbonyl (C=O) groups excluding carboxylic acids is 1. The Hall–Kier alpha value is -1.95. The van der Waals surface area contributed by atoms with Crippen LogP contribution in [0.2, 0.25) is 0 Å². The zero-order valence-corrected chi connectivity index (χ0v) is 12.3. The lowest BCUT2D eigenvalue weighted by Gasteiger charge is -2.21. The van der Waals surface area contributed by atoms with Crippen LogP contribution in [0, 0.1) is 12.3 Å². The maximum absolute atomic E-state index is 12.1. The zero-order chi connectivity index (χ0) is 14.9. The van der Waals surface area contributed by atoms with Crippen LogP contribution < -0.4 is 5.32 Å². The normalized spacial score (nSPS) is 11.8. The van der Waals surface area contributed by atoms with Crippen molar-refractivity contribution in [3.05, 3.63) is 23.5 Å². The molecule has 2 heterocycles. The van der Waals surface area contributed by atoms with Crippen LogP contribution in [-0.4, -0.2) is 38.9 Å². The van der Waals surface area contributed by atoms with Crippen LogP contribution >= 0.6 is 0 Å². The van der Waals surface area contributed by atoms with E-state index in [1.165, 1.54) is 0 Å². The predicted molar refractivity (Wildman–Crippen MR) is 76.4 cm³/mol. The highest BCUT2D eigenvalue weighted by atomic mass is 16.3. The molecule has 6 nitrogen and oxygen atoms in total. The molecule has 0 bridgehead atoms. The van der Waals surface area contributed by atoms with E-state index in [-0.39, 0.29) is 17.9 Å². The van der Waals surface area contributed by atoms with E-state index in [2.05, 4.69) is 15.4 Å². The van der Waals surface area contributed by atoms with Crippen LogP contribution in [0.1, 0.15) is 29.9 Å². The van der Waals surface area contributed by atoms with Crippen LogP contribution in [0.15, 0.2) is 12.3 Å². The lowest BCUT2D eigenvalue weighted by Crippen LogP contribution is -2.36. The Balaban J connectivity index is 2.21. The number of rotatable bonds is 4. The number of aryl methyl sites for hydroxylation is 2. The van der Waals surface area contributed by atoms with E-state index in [9.17, 15) is 9.90 Å². The van der Waals surface area contributed by atoms with Crippen molar-refractivity contribution in [3.63, 3.8) is 0 Å². The first kappa shape index (κ1) is 14.5. The molecule has 2 N–H and O–H groups in total. The van der Waals surface area contributed by atoms with E-state index in [4.69, 9.17) is 0 Å². The third kappa shape index (κ3) is 2.80. The molecule has 2 aromatic heterocycles. The van der Waals surface area contributed by atoms with Gasteiger partial charge >= 0.3 is 0 Å². The highest BCUT2D eigenvalue weighted by Gasteiger charge is 2.18. The van der Waals surface area contributed by atoms with Gasteiger partial charge in [0, 0.05) is 37.2 Å². The maximum atomic E-state index is 12.1. The first-order valence-electron chi connectivity index (χ1n) is 6.52. The average Bonchev–Trinajstić information content (AvgIpc) is 2.71. The summed E-state index contributed by atoms with van der Waals surface area (Å²) >= 11 is 0. The number of aliphatic hydroxyl groups excluding tert-OH is 1. The fourth-order valence-electron chi connectivity index (χ4n) is 1.91. The molecule has 0 aliphatic rings. The number of nitrogens with one attached hydrogen (secondary N) is 1. The number of nitrogens with zero attached hydrogens (tertiary/aromatic N) is 3. The minimum Gasteiger partial charge on any atom is -0.396 e. The summed E-state index contributed by atoms with van der Waals surface area (Å²) in [5, 5.41) is 17.2. The van der Waals surface area contributed by atoms with E-state index in [1.54, 1.807) is 16.9 Å². The zero-order valence-electron chi connectivity index (χ0n) is 12.3. The third-order valence-electron chi connectivity index (χ3n) is 3.28. The third-order valence-corrected chi connectivity index (χ3v) is 3.28. The van der Waals surface area contributed by atoms with Crippen LogP contribution in [0.4, 0.5) is 0 Å². The summed E-state index contributed by atoms with van der Waals surface area (Å²) in [6, 6.07) is 1.80. The van der Waals surface area contributed by atoms with Gasteiger partial charge in [-0.1, -0.05) is 13.8 Å². The van der Waals surface area contributed by atoms with E-state index >= 15 is 0 Å². The van der Waals surface area contributed by atoms with Crippen molar-refractivity contribution >= 4 is 16.9 Å². The summed E-state index contributed by atoms with van der Waals surface area (Å²) in [6.45, 7) is 6.10. The van der Waals surface area contributed by atoms with Crippen molar-refractivity contribution in [2.75, 3.05) is 13.2 Å². The smallest absolute Gasteiger partial charge is 0.252 e. The van der Waals surface area contributed by atoms with E-state index < -0.39 is 0 Å². The number of fused-ring (bicyclic) bond motifs is 1. The van der Waals surface area contributed by atoms with Crippen molar-refractivity contribution in [2.45, 2.75) is 20.8 Å². The topological polar surface area (TPSA) is 80.0 Å². The van der Waals surface area contributed by atoms with Gasteiger partial charge in [0.1, 0.15) is 0 Å². The number of amides is 1. The SMILES string of the molecule is Cc1nn(C)c2ncc(C(=O)NCC(C)(C)CO)cc12. The van der Waals surface area contributed by atoms with E-state index in [0.717, 1.165) is 16.7 Å². The quantitative estimate of drug-likeness (QED) is 0.874. The summed E-state index contributed by atoms with van der Waals surface area (Å²) in [6.07, 6.45) is 1.55. The number of aromatic nitrogens is 3. The standard InChI is InChI=1S/C14H20N4O2/c1-9-11-5-10(6-15-12(11)18(4)17-9)13(20)16-7-14(2,3)8-19/h5-6,19H,7-8H2,1-4H3,(H,16,20). The first-order valence-corrected chi connectivity index (χ1v) is 6.52. The molecule has 20 heavy (non-hydrogen) atoms. The molecular weight excluding hydrogens is 256 g/mol. The van der Waals surface area contributed by atoms with Crippen LogP contribution in [-0.2, 0) is 7.05 Å². The van der Waals surface area contributed by atoms with Crippen molar-refractivity contribution in [1.29, 1.82) is 0 Å². The van der Waals surface area contributed by atoms with Crippen molar-refractivity contribution in [2.24, 2.45) is 12.5 Å². The van der Waals surface area contributed by atoms with Gasteiger partial charge in [0.05, 0.1) is 11.3 Å². The van der Waals surface area contributed by atoms with Gasteiger partial charge in [0.25, 0.3) is 5.91 Å². The molecule has 108 valence electrons. The monoisotopic (exact) mass is 276 g/mol. The van der Waals surface area contributed by atoms with Gasteiger partial charge in [-0.2, -0.15) is 5.10 Å². The first-order chi connectivity index (χ1) is 9.34. The lowest BCUT2D eigenvalue weighted by molar-refractivity contribution is 0.0911. The molecule has 0 atom stereocenters. The van der Waals surface area contributed by atoms with Gasteiger partial charge in [-0.15, -0.1) is 0 Å². The molecule has 0 aromatic carbocycles. The van der Waals surface area contributed by atoms with E-state index in [1.807, 2.05) is 27.8 Å². The molecule has 0 aliphatic heterocycles. The number of aliphatic hydroxyl groups is 1. The molecule has 0 spiro atoms. The summed E-state index contributed by atoms with van der Waals surface area (Å²) in [5.74, 6) is -0.191. The molecule has 2 rings (SSSR count). The second-order valence-electron chi connectivity index (χ2n) is 5.81. The number of pyridine rings is 1. The molecule has 1 amide bonds. The second-order valence-corrected chi connectivity index (χ2v) is 5.81. The Morgan fingerprint density at radius 2 is 2.20 bits per heavy atom. The summed E-state index contributed by atoms with van der Waals surface area (Å²) in [7, 11) is 1.83. The summed E-state index contributed by atoms with van der Waals surface area (Å²) in [4.78, 5) is 16.4. The molecule has 0 aliphatic carbocycles. The number of carbonyl (C=O) groups is 1. The van der Waals surface area contributed by atoms with E-state index in [0.29, 0.717) is 12.1 Å². The fraction of sp³-hybridized carbons (Fsp3) is 0.500. The Morgan fingerprint density at radius 3 is 2.85 bits per heavy atom. The maximum Gasteiger partial charge on any atom is 0.252 e. The Morgan fingerprint density at radius 1 is 1.50 bits per heavy atom. The minimum atomic E-state index is -0.336. The van der Waals surface area contributed by atoms with Gasteiger partial charge in [0.2, 0.25) is 0 Å². The van der Waals surface area contributed by atoms with Crippen molar-refractivity contribution in [3.8, 4) is 0 Å². The van der Waals surface area contributed by atoms with Crippen LogP contribution in [0.3, 0.4) is 0 Å². The molecular formula is C14H20N4O2. The van der Waals surface area contributed by atoms with Gasteiger partial charge in [0.15, 0.2) is 5.65 Å². The average molecular weight is 276 g/mol. The fourth-order valence-corrected chi connectivity index (χ4v) is 1.91. The summed E-state index contributed by atoms with van der Waals surface area (Å²) < 4.78 is 1.70. The molecule has 0 saturated heterocycles. The molecule has 6 heteroatoms. The number of hydrogen-bond acceptors (Lipinski definition) is 4. The predicted octanol–water partition coefficient (Wildman–Crippen LogP) is 1.03. The largest absolute Gasteiger partial charge is 0.396 e. The van der Waals surface area contributed by atoms with Gasteiger partial charge in [-0.05, 0) is 13.0 Å².